The number of likely N-dealkylation sites (tertiary alicyclic amines) is 1. The molecule has 1 saturated heterocycles. The van der Waals surface area contributed by atoms with E-state index < -0.39 is 5.97 Å². The van der Waals surface area contributed by atoms with E-state index in [-0.39, 0.29) is 36.3 Å². The summed E-state index contributed by atoms with van der Waals surface area (Å²) in [7, 11) is 0. The molecule has 0 radical (unpaired) electrons. The van der Waals surface area contributed by atoms with E-state index in [4.69, 9.17) is 9.84 Å². The van der Waals surface area contributed by atoms with E-state index in [1.807, 2.05) is 18.2 Å². The SMILES string of the molecule is O=C(O)C1CCC(NC(=O)C2CCCN(C(=O)COc3ccccc3)C2)CC1. The normalized spacial score (nSPS) is 25.0. The maximum absolute atomic E-state index is 12.6. The first-order chi connectivity index (χ1) is 13.5. The molecular formula is C21H28N2O5. The number of nitrogens with one attached hydrogen (secondary N) is 1. The third-order valence-electron chi connectivity index (χ3n) is 5.67. The molecule has 2 aliphatic rings. The van der Waals surface area contributed by atoms with Crippen molar-refractivity contribution in [3.05, 3.63) is 30.3 Å². The summed E-state index contributed by atoms with van der Waals surface area (Å²) in [6.45, 7) is 1.02. The molecule has 2 N–H and O–H groups in total. The van der Waals surface area contributed by atoms with Crippen molar-refractivity contribution in [2.24, 2.45) is 11.8 Å². The minimum absolute atomic E-state index is 0.0275. The summed E-state index contributed by atoms with van der Waals surface area (Å²) >= 11 is 0. The smallest absolute Gasteiger partial charge is 0.306 e. The first-order valence-electron chi connectivity index (χ1n) is 10.0. The highest BCUT2D eigenvalue weighted by atomic mass is 16.5. The molecule has 0 bridgehead atoms. The second kappa shape index (κ2) is 9.57. The van der Waals surface area contributed by atoms with Crippen LogP contribution in [0.3, 0.4) is 0 Å². The van der Waals surface area contributed by atoms with Crippen LogP contribution in [0.15, 0.2) is 30.3 Å². The van der Waals surface area contributed by atoms with Crippen LogP contribution in [0, 0.1) is 11.8 Å². The molecule has 7 heteroatoms. The van der Waals surface area contributed by atoms with Crippen molar-refractivity contribution in [2.45, 2.75) is 44.6 Å². The third-order valence-corrected chi connectivity index (χ3v) is 5.67. The predicted molar refractivity (Wildman–Crippen MR) is 103 cm³/mol. The van der Waals surface area contributed by atoms with Gasteiger partial charge < -0.3 is 20.1 Å². The van der Waals surface area contributed by atoms with E-state index >= 15 is 0 Å². The Morgan fingerprint density at radius 1 is 1.04 bits per heavy atom. The first kappa shape index (κ1) is 20.2. The summed E-state index contributed by atoms with van der Waals surface area (Å²) in [5.74, 6) is -0.737. The standard InChI is InChI=1S/C21H28N2O5/c24-19(14-28-18-6-2-1-3-7-18)23-12-4-5-16(13-23)20(25)22-17-10-8-15(9-11-17)21(26)27/h1-3,6-7,15-17H,4-5,8-14H2,(H,22,25)(H,26,27). The van der Waals surface area contributed by atoms with Crippen molar-refractivity contribution in [1.82, 2.24) is 10.2 Å². The van der Waals surface area contributed by atoms with Crippen LogP contribution < -0.4 is 10.1 Å². The minimum Gasteiger partial charge on any atom is -0.484 e. The molecule has 1 saturated carbocycles. The lowest BCUT2D eigenvalue weighted by Gasteiger charge is -2.34. The van der Waals surface area contributed by atoms with Crippen LogP contribution in [0.2, 0.25) is 0 Å². The van der Waals surface area contributed by atoms with Crippen LogP contribution in [-0.2, 0) is 14.4 Å². The number of ether oxygens (including phenoxy) is 1. The number of carboxylic acids is 1. The van der Waals surface area contributed by atoms with Crippen LogP contribution >= 0.6 is 0 Å². The monoisotopic (exact) mass is 388 g/mol. The van der Waals surface area contributed by atoms with Crippen molar-refractivity contribution < 1.29 is 24.2 Å². The average molecular weight is 388 g/mol. The van der Waals surface area contributed by atoms with Crippen molar-refractivity contribution in [3.63, 3.8) is 0 Å². The molecule has 7 nitrogen and oxygen atoms in total. The Morgan fingerprint density at radius 2 is 1.75 bits per heavy atom. The Hall–Kier alpha value is -2.57. The molecule has 1 unspecified atom stereocenters. The molecule has 1 aliphatic carbocycles. The van der Waals surface area contributed by atoms with E-state index in [2.05, 4.69) is 5.32 Å². The highest BCUT2D eigenvalue weighted by Gasteiger charge is 2.31. The van der Waals surface area contributed by atoms with Crippen molar-refractivity contribution in [2.75, 3.05) is 19.7 Å². The van der Waals surface area contributed by atoms with Gasteiger partial charge in [0.2, 0.25) is 5.91 Å². The molecule has 1 atom stereocenters. The first-order valence-corrected chi connectivity index (χ1v) is 10.0. The van der Waals surface area contributed by atoms with Gasteiger partial charge in [-0.2, -0.15) is 0 Å². The summed E-state index contributed by atoms with van der Waals surface area (Å²) in [5.41, 5.74) is 0. The van der Waals surface area contributed by atoms with Crippen LogP contribution in [0.1, 0.15) is 38.5 Å². The van der Waals surface area contributed by atoms with Gasteiger partial charge in [0.15, 0.2) is 6.61 Å². The van der Waals surface area contributed by atoms with Gasteiger partial charge in [0, 0.05) is 19.1 Å². The van der Waals surface area contributed by atoms with Crippen LogP contribution in [-0.4, -0.2) is 53.5 Å². The Morgan fingerprint density at radius 3 is 2.43 bits per heavy atom. The van der Waals surface area contributed by atoms with E-state index in [1.54, 1.807) is 17.0 Å². The Labute approximate surface area is 165 Å². The molecule has 2 fully saturated rings. The summed E-state index contributed by atoms with van der Waals surface area (Å²) in [5, 5.41) is 12.1. The highest BCUT2D eigenvalue weighted by molar-refractivity contribution is 5.82. The van der Waals surface area contributed by atoms with Crippen LogP contribution in [0.4, 0.5) is 0 Å². The van der Waals surface area contributed by atoms with E-state index in [1.165, 1.54) is 0 Å². The summed E-state index contributed by atoms with van der Waals surface area (Å²) in [4.78, 5) is 37.8. The molecule has 3 rings (SSSR count). The number of carbonyl (C=O) groups excluding carboxylic acids is 2. The van der Waals surface area contributed by atoms with E-state index in [9.17, 15) is 14.4 Å². The number of carbonyl (C=O) groups is 3. The lowest BCUT2D eigenvalue weighted by Crippen LogP contribution is -2.49. The van der Waals surface area contributed by atoms with E-state index in [0.29, 0.717) is 44.5 Å². The highest BCUT2D eigenvalue weighted by Crippen LogP contribution is 2.25. The van der Waals surface area contributed by atoms with Crippen LogP contribution in [0.5, 0.6) is 5.75 Å². The molecular weight excluding hydrogens is 360 g/mol. The van der Waals surface area contributed by atoms with Gasteiger partial charge >= 0.3 is 5.97 Å². The lowest BCUT2D eigenvalue weighted by molar-refractivity contribution is -0.142. The van der Waals surface area contributed by atoms with Gasteiger partial charge in [-0.1, -0.05) is 18.2 Å². The molecule has 1 aliphatic heterocycles. The number of carboxylic acid groups (broad SMARTS) is 1. The molecule has 2 amide bonds. The van der Waals surface area contributed by atoms with Crippen molar-refractivity contribution in [1.29, 1.82) is 0 Å². The number of rotatable bonds is 6. The second-order valence-corrected chi connectivity index (χ2v) is 7.68. The molecule has 0 aromatic heterocycles. The Balaban J connectivity index is 1.44. The Bertz CT molecular complexity index is 685. The van der Waals surface area contributed by atoms with E-state index in [0.717, 1.165) is 12.8 Å². The lowest BCUT2D eigenvalue weighted by atomic mass is 9.85. The van der Waals surface area contributed by atoms with Gasteiger partial charge in [0.1, 0.15) is 5.75 Å². The van der Waals surface area contributed by atoms with Gasteiger partial charge in [0.25, 0.3) is 5.91 Å². The average Bonchev–Trinajstić information content (AvgIpc) is 2.73. The Kier molecular flexibility index (Phi) is 6.90. The number of amides is 2. The zero-order valence-corrected chi connectivity index (χ0v) is 16.0. The zero-order valence-electron chi connectivity index (χ0n) is 16.0. The number of hydrogen-bond acceptors (Lipinski definition) is 4. The third kappa shape index (κ3) is 5.47. The number of benzene rings is 1. The maximum atomic E-state index is 12.6. The molecule has 1 aromatic rings. The maximum Gasteiger partial charge on any atom is 0.306 e. The van der Waals surface area contributed by atoms with Crippen molar-refractivity contribution in [3.8, 4) is 5.75 Å². The second-order valence-electron chi connectivity index (χ2n) is 7.68. The summed E-state index contributed by atoms with van der Waals surface area (Å²) < 4.78 is 5.53. The molecule has 1 aromatic carbocycles. The fourth-order valence-corrected chi connectivity index (χ4v) is 3.97. The number of para-hydroxylation sites is 1. The number of aliphatic carboxylic acids is 1. The van der Waals surface area contributed by atoms with Gasteiger partial charge in [0.05, 0.1) is 11.8 Å². The summed E-state index contributed by atoms with van der Waals surface area (Å²) in [6.07, 6.45) is 4.16. The van der Waals surface area contributed by atoms with Gasteiger partial charge in [-0.3, -0.25) is 14.4 Å². The number of piperidine rings is 1. The van der Waals surface area contributed by atoms with Gasteiger partial charge in [-0.15, -0.1) is 0 Å². The minimum atomic E-state index is -0.746. The molecule has 152 valence electrons. The predicted octanol–water partition coefficient (Wildman–Crippen LogP) is 2.06. The fourth-order valence-electron chi connectivity index (χ4n) is 3.97. The molecule has 0 spiro atoms. The van der Waals surface area contributed by atoms with Crippen molar-refractivity contribution >= 4 is 17.8 Å². The number of nitrogens with zero attached hydrogens (tertiary/aromatic N) is 1. The van der Waals surface area contributed by atoms with Gasteiger partial charge in [-0.05, 0) is 50.7 Å². The van der Waals surface area contributed by atoms with Gasteiger partial charge in [-0.25, -0.2) is 0 Å². The molecule has 1 heterocycles. The number of hydrogen-bond donors (Lipinski definition) is 2. The largest absolute Gasteiger partial charge is 0.484 e. The van der Waals surface area contributed by atoms with Crippen LogP contribution in [0.25, 0.3) is 0 Å². The quantitative estimate of drug-likeness (QED) is 0.778. The summed E-state index contributed by atoms with van der Waals surface area (Å²) in [6, 6.07) is 9.24. The fraction of sp³-hybridized carbons (Fsp3) is 0.571. The topological polar surface area (TPSA) is 95.9 Å². The zero-order chi connectivity index (χ0) is 19.9. The molecule has 28 heavy (non-hydrogen) atoms.